The third-order valence-corrected chi connectivity index (χ3v) is 10.7. The van der Waals surface area contributed by atoms with E-state index in [4.69, 9.17) is 0 Å². The zero-order chi connectivity index (χ0) is 37.7. The molecule has 0 aliphatic heterocycles. The molecule has 0 aromatic heterocycles. The van der Waals surface area contributed by atoms with Gasteiger partial charge in [0.15, 0.2) is 0 Å². The minimum atomic E-state index is 1.14. The van der Waals surface area contributed by atoms with Crippen molar-refractivity contribution in [3.05, 3.63) is 248 Å². The van der Waals surface area contributed by atoms with Crippen molar-refractivity contribution in [2.24, 2.45) is 0 Å². The highest BCUT2D eigenvalue weighted by atomic mass is 14.2. The molecule has 0 amide bonds. The number of hydrogen-bond donors (Lipinski definition) is 0. The van der Waals surface area contributed by atoms with Crippen molar-refractivity contribution in [3.8, 4) is 55.6 Å². The Labute approximate surface area is 329 Å². The molecular weight excluding hydrogens is 673 g/mol. The van der Waals surface area contributed by atoms with E-state index in [1.54, 1.807) is 0 Å². The molecule has 9 aromatic rings. The van der Waals surface area contributed by atoms with Crippen LogP contribution in [0, 0.1) is 0 Å². The fourth-order valence-electron chi connectivity index (χ4n) is 8.07. The van der Waals surface area contributed by atoms with Crippen LogP contribution in [-0.4, -0.2) is 0 Å². The summed E-state index contributed by atoms with van der Waals surface area (Å²) in [5.41, 5.74) is 15.5. The summed E-state index contributed by atoms with van der Waals surface area (Å²) >= 11 is 0. The lowest BCUT2D eigenvalue weighted by molar-refractivity contribution is 1.51. The van der Waals surface area contributed by atoms with Crippen LogP contribution in [0.3, 0.4) is 0 Å². The van der Waals surface area contributed by atoms with E-state index in [1.807, 2.05) is 12.2 Å². The molecule has 264 valence electrons. The van der Waals surface area contributed by atoms with Gasteiger partial charge in [-0.2, -0.15) is 0 Å². The van der Waals surface area contributed by atoms with Crippen LogP contribution in [-0.2, 0) is 0 Å². The Bertz CT molecular complexity index is 2820. The molecule has 56 heavy (non-hydrogen) atoms. The predicted molar refractivity (Wildman–Crippen MR) is 241 cm³/mol. The molecule has 9 rings (SSSR count). The molecule has 0 saturated heterocycles. The van der Waals surface area contributed by atoms with Gasteiger partial charge in [0.2, 0.25) is 0 Å². The van der Waals surface area contributed by atoms with E-state index in [-0.39, 0.29) is 0 Å². The van der Waals surface area contributed by atoms with Gasteiger partial charge >= 0.3 is 0 Å². The molecule has 0 heterocycles. The molecule has 0 aliphatic rings. The molecule has 0 radical (unpaired) electrons. The number of hydrogen-bond acceptors (Lipinski definition) is 0. The summed E-state index contributed by atoms with van der Waals surface area (Å²) in [5.74, 6) is 0. The zero-order valence-electron chi connectivity index (χ0n) is 31.1. The van der Waals surface area contributed by atoms with Gasteiger partial charge in [0.1, 0.15) is 0 Å². The van der Waals surface area contributed by atoms with Crippen molar-refractivity contribution in [1.29, 1.82) is 0 Å². The Morgan fingerprint density at radius 3 is 1.36 bits per heavy atom. The van der Waals surface area contributed by atoms with Crippen molar-refractivity contribution < 1.29 is 0 Å². The molecule has 0 nitrogen and oxygen atoms in total. The molecule has 0 unspecified atom stereocenters. The molecule has 0 N–H and O–H groups in total. The van der Waals surface area contributed by atoms with Gasteiger partial charge in [0.25, 0.3) is 0 Å². The van der Waals surface area contributed by atoms with Gasteiger partial charge in [-0.05, 0) is 106 Å². The van der Waals surface area contributed by atoms with Crippen LogP contribution >= 0.6 is 0 Å². The van der Waals surface area contributed by atoms with Crippen molar-refractivity contribution in [3.63, 3.8) is 0 Å². The first kappa shape index (κ1) is 34.5. The van der Waals surface area contributed by atoms with Crippen LogP contribution in [0.15, 0.2) is 237 Å². The maximum Gasteiger partial charge on any atom is -0.00261 e. The molecular formula is C56H40. The average molecular weight is 713 g/mol. The molecule has 0 fully saturated rings. The maximum absolute atomic E-state index is 3.98. The monoisotopic (exact) mass is 712 g/mol. The summed E-state index contributed by atoms with van der Waals surface area (Å²) in [5, 5.41) is 4.96. The molecule has 0 bridgehead atoms. The largest absolute Gasteiger partial charge is 0.0991 e. The fourth-order valence-corrected chi connectivity index (χ4v) is 8.07. The predicted octanol–water partition coefficient (Wildman–Crippen LogP) is 15.5. The number of benzene rings is 9. The SMILES string of the molecule is C=C/C=C\C=C(/c1cccc(-c2ccccc2)c1)c1cc(-c2c3ccccc3c(-c3ccccc3)c3ccccc23)ccc1-c1ccc(-c2ccccc2)cc1. The molecule has 0 aliphatic carbocycles. The lowest BCUT2D eigenvalue weighted by Gasteiger charge is -2.20. The average Bonchev–Trinajstić information content (AvgIpc) is 3.28. The molecule has 0 saturated carbocycles. The van der Waals surface area contributed by atoms with Crippen molar-refractivity contribution in [2.75, 3.05) is 0 Å². The van der Waals surface area contributed by atoms with E-state index in [1.165, 1.54) is 71.6 Å². The Morgan fingerprint density at radius 1 is 0.339 bits per heavy atom. The number of fused-ring (bicyclic) bond motifs is 2. The Balaban J connectivity index is 1.31. The van der Waals surface area contributed by atoms with Gasteiger partial charge in [-0.3, -0.25) is 0 Å². The van der Waals surface area contributed by atoms with Gasteiger partial charge in [-0.25, -0.2) is 0 Å². The topological polar surface area (TPSA) is 0 Å². The normalized spacial score (nSPS) is 11.7. The summed E-state index contributed by atoms with van der Waals surface area (Å²) in [4.78, 5) is 0. The van der Waals surface area contributed by atoms with Gasteiger partial charge in [-0.1, -0.05) is 225 Å². The second kappa shape index (κ2) is 15.6. The Morgan fingerprint density at radius 2 is 0.786 bits per heavy atom. The summed E-state index contributed by atoms with van der Waals surface area (Å²) in [7, 11) is 0. The van der Waals surface area contributed by atoms with Gasteiger partial charge in [-0.15, -0.1) is 0 Å². The van der Waals surface area contributed by atoms with Crippen molar-refractivity contribution >= 4 is 27.1 Å². The van der Waals surface area contributed by atoms with Crippen LogP contribution in [0.25, 0.3) is 82.8 Å². The van der Waals surface area contributed by atoms with Crippen LogP contribution < -0.4 is 0 Å². The Hall–Kier alpha value is -7.28. The highest BCUT2D eigenvalue weighted by molar-refractivity contribution is 6.21. The fraction of sp³-hybridized carbons (Fsp3) is 0. The van der Waals surface area contributed by atoms with E-state index in [0.29, 0.717) is 0 Å². The second-order valence-electron chi connectivity index (χ2n) is 14.1. The smallest absolute Gasteiger partial charge is 0.00261 e. The van der Waals surface area contributed by atoms with Gasteiger partial charge in [0, 0.05) is 0 Å². The standard InChI is InChI=1S/C56H40/c1-2-3-7-27-48(46-26-18-25-45(38-46)41-21-10-5-11-22-41)54-39-47(36-37-49(54)43-34-32-42(33-35-43)40-19-8-4-9-20-40)56-52-30-16-14-28-50(52)55(44-23-12-6-13-24-44)51-29-15-17-31-53(51)56/h2-39H,1H2/b7-3-,48-27+. The van der Waals surface area contributed by atoms with Crippen LogP contribution in [0.2, 0.25) is 0 Å². The van der Waals surface area contributed by atoms with Gasteiger partial charge < -0.3 is 0 Å². The number of allylic oxidation sites excluding steroid dienone is 4. The second-order valence-corrected chi connectivity index (χ2v) is 14.1. The lowest BCUT2D eigenvalue weighted by Crippen LogP contribution is -1.96. The van der Waals surface area contributed by atoms with E-state index in [2.05, 4.69) is 225 Å². The lowest BCUT2D eigenvalue weighted by atomic mass is 9.83. The molecule has 9 aromatic carbocycles. The van der Waals surface area contributed by atoms with Crippen LogP contribution in [0.1, 0.15) is 11.1 Å². The first-order valence-electron chi connectivity index (χ1n) is 19.2. The highest BCUT2D eigenvalue weighted by Gasteiger charge is 2.19. The summed E-state index contributed by atoms with van der Waals surface area (Å²) in [6.07, 6.45) is 8.18. The first-order valence-corrected chi connectivity index (χ1v) is 19.2. The van der Waals surface area contributed by atoms with Crippen LogP contribution in [0.4, 0.5) is 0 Å². The maximum atomic E-state index is 3.98. The number of rotatable bonds is 9. The van der Waals surface area contributed by atoms with Crippen molar-refractivity contribution in [1.82, 2.24) is 0 Å². The quantitative estimate of drug-likeness (QED) is 0.103. The third-order valence-electron chi connectivity index (χ3n) is 10.7. The van der Waals surface area contributed by atoms with Crippen molar-refractivity contribution in [2.45, 2.75) is 0 Å². The Kier molecular flexibility index (Phi) is 9.60. The highest BCUT2D eigenvalue weighted by Crippen LogP contribution is 2.45. The van der Waals surface area contributed by atoms with Gasteiger partial charge in [0.05, 0.1) is 0 Å². The van der Waals surface area contributed by atoms with E-state index in [0.717, 1.165) is 22.3 Å². The van der Waals surface area contributed by atoms with Crippen LogP contribution in [0.5, 0.6) is 0 Å². The zero-order valence-corrected chi connectivity index (χ0v) is 31.1. The van der Waals surface area contributed by atoms with E-state index >= 15 is 0 Å². The summed E-state index contributed by atoms with van der Waals surface area (Å²) in [6.45, 7) is 3.98. The molecule has 0 atom stereocenters. The minimum Gasteiger partial charge on any atom is -0.0991 e. The van der Waals surface area contributed by atoms with E-state index < -0.39 is 0 Å². The first-order chi connectivity index (χ1) is 27.8. The summed E-state index contributed by atoms with van der Waals surface area (Å²) < 4.78 is 0. The molecule has 0 spiro atoms. The minimum absolute atomic E-state index is 1.14. The third kappa shape index (κ3) is 6.70. The molecule has 0 heteroatoms. The summed E-state index contributed by atoms with van der Waals surface area (Å²) in [6, 6.07) is 74.8. The van der Waals surface area contributed by atoms with E-state index in [9.17, 15) is 0 Å².